The molecule has 0 aromatic rings. The highest BCUT2D eigenvalue weighted by atomic mass is 16.6. The van der Waals surface area contributed by atoms with Gasteiger partial charge in [0.15, 0.2) is 6.10 Å². The number of ether oxygens (including phenoxy) is 3. The molecule has 0 heterocycles. The highest BCUT2D eigenvalue weighted by Gasteiger charge is 2.19. The molecule has 1 atom stereocenters. The fourth-order valence-corrected chi connectivity index (χ4v) is 10.3. The third kappa shape index (κ3) is 64.2. The van der Waals surface area contributed by atoms with Crippen LogP contribution in [0.5, 0.6) is 0 Å². The Balaban J connectivity index is 4.25. The summed E-state index contributed by atoms with van der Waals surface area (Å²) in [7, 11) is 0. The molecule has 0 spiro atoms. The fraction of sp³-hybridized carbons (Fsp3) is 0.847. The van der Waals surface area contributed by atoms with Crippen LogP contribution >= 0.6 is 0 Å². The van der Waals surface area contributed by atoms with Crippen molar-refractivity contribution < 1.29 is 28.6 Å². The first-order valence-electron chi connectivity index (χ1n) is 34.6. The van der Waals surface area contributed by atoms with Crippen LogP contribution in [0.3, 0.4) is 0 Å². The highest BCUT2D eigenvalue weighted by Crippen LogP contribution is 2.18. The minimum atomic E-state index is -0.774. The highest BCUT2D eigenvalue weighted by molar-refractivity contribution is 5.71. The number of carbonyl (C=O) groups is 3. The second-order valence-corrected chi connectivity index (χ2v) is 23.4. The van der Waals surface area contributed by atoms with Gasteiger partial charge in [-0.3, -0.25) is 14.4 Å². The zero-order valence-electron chi connectivity index (χ0n) is 52.5. The summed E-state index contributed by atoms with van der Waals surface area (Å²) in [6.07, 6.45) is 84.2. The molecule has 0 amide bonds. The molecule has 78 heavy (non-hydrogen) atoms. The molecule has 456 valence electrons. The van der Waals surface area contributed by atoms with Crippen LogP contribution in [0.1, 0.15) is 374 Å². The van der Waals surface area contributed by atoms with Crippen LogP contribution < -0.4 is 0 Å². The van der Waals surface area contributed by atoms with Crippen LogP contribution in [0, 0.1) is 0 Å². The van der Waals surface area contributed by atoms with Gasteiger partial charge in [0.25, 0.3) is 0 Å². The van der Waals surface area contributed by atoms with Crippen LogP contribution in [-0.2, 0) is 28.6 Å². The van der Waals surface area contributed by atoms with E-state index >= 15 is 0 Å². The summed E-state index contributed by atoms with van der Waals surface area (Å²) in [4.78, 5) is 38.4. The Bertz CT molecular complexity index is 1350. The molecule has 6 nitrogen and oxygen atoms in total. The van der Waals surface area contributed by atoms with E-state index in [-0.39, 0.29) is 31.1 Å². The van der Waals surface area contributed by atoms with Crippen molar-refractivity contribution in [3.8, 4) is 0 Å². The van der Waals surface area contributed by atoms with Gasteiger partial charge >= 0.3 is 17.9 Å². The third-order valence-electron chi connectivity index (χ3n) is 15.6. The minimum Gasteiger partial charge on any atom is -0.462 e. The van der Waals surface area contributed by atoms with Gasteiger partial charge < -0.3 is 14.2 Å². The maximum atomic E-state index is 12.9. The van der Waals surface area contributed by atoms with Crippen molar-refractivity contribution in [1.82, 2.24) is 0 Å². The summed E-state index contributed by atoms with van der Waals surface area (Å²) >= 11 is 0. The summed E-state index contributed by atoms with van der Waals surface area (Å²) in [5, 5.41) is 0. The number of hydrogen-bond donors (Lipinski definition) is 0. The van der Waals surface area contributed by atoms with Crippen molar-refractivity contribution in [2.75, 3.05) is 13.2 Å². The smallest absolute Gasteiger partial charge is 0.306 e. The molecule has 0 aliphatic heterocycles. The predicted molar refractivity (Wildman–Crippen MR) is 339 cm³/mol. The van der Waals surface area contributed by atoms with E-state index in [1.54, 1.807) is 0 Å². The van der Waals surface area contributed by atoms with Crippen molar-refractivity contribution >= 4 is 17.9 Å². The van der Waals surface area contributed by atoms with Crippen LogP contribution in [-0.4, -0.2) is 37.2 Å². The van der Waals surface area contributed by atoms with Gasteiger partial charge in [-0.05, 0) is 83.5 Å². The Morgan fingerprint density at radius 1 is 0.256 bits per heavy atom. The molecule has 0 aromatic carbocycles. The summed E-state index contributed by atoms with van der Waals surface area (Å²) in [6, 6.07) is 0. The van der Waals surface area contributed by atoms with Gasteiger partial charge in [-0.25, -0.2) is 0 Å². The van der Waals surface area contributed by atoms with E-state index < -0.39 is 6.10 Å². The number of hydrogen-bond acceptors (Lipinski definition) is 6. The topological polar surface area (TPSA) is 78.9 Å². The van der Waals surface area contributed by atoms with Gasteiger partial charge in [0.2, 0.25) is 0 Å². The van der Waals surface area contributed by atoms with E-state index in [1.165, 1.54) is 263 Å². The molecule has 0 fully saturated rings. The summed E-state index contributed by atoms with van der Waals surface area (Å²) in [5.41, 5.74) is 0. The summed E-state index contributed by atoms with van der Waals surface area (Å²) < 4.78 is 17.0. The lowest BCUT2D eigenvalue weighted by atomic mass is 10.0. The first kappa shape index (κ1) is 75.4. The number of allylic oxidation sites excluding steroid dienone is 8. The number of unbranched alkanes of at least 4 members (excludes halogenated alkanes) is 45. The molecule has 0 saturated heterocycles. The molecule has 0 rings (SSSR count). The van der Waals surface area contributed by atoms with E-state index in [0.717, 1.165) is 70.6 Å². The van der Waals surface area contributed by atoms with E-state index in [0.29, 0.717) is 19.3 Å². The van der Waals surface area contributed by atoms with Crippen LogP contribution in [0.2, 0.25) is 0 Å². The molecular weight excluding hydrogens is 961 g/mol. The Morgan fingerprint density at radius 3 is 0.731 bits per heavy atom. The lowest BCUT2D eigenvalue weighted by Gasteiger charge is -2.18. The van der Waals surface area contributed by atoms with Crippen LogP contribution in [0.15, 0.2) is 48.6 Å². The molecule has 0 aliphatic rings. The lowest BCUT2D eigenvalue weighted by molar-refractivity contribution is -0.167. The molecule has 0 N–H and O–H groups in total. The van der Waals surface area contributed by atoms with Crippen LogP contribution in [0.25, 0.3) is 0 Å². The average molecular weight is 1090 g/mol. The second kappa shape index (κ2) is 66.9. The monoisotopic (exact) mass is 1090 g/mol. The van der Waals surface area contributed by atoms with E-state index in [2.05, 4.69) is 69.4 Å². The van der Waals surface area contributed by atoms with Crippen molar-refractivity contribution in [2.45, 2.75) is 380 Å². The van der Waals surface area contributed by atoms with Gasteiger partial charge in [-0.1, -0.05) is 320 Å². The molecule has 0 bridgehead atoms. The quantitative estimate of drug-likeness (QED) is 0.0261. The molecule has 0 aliphatic carbocycles. The molecule has 0 aromatic heterocycles. The predicted octanol–water partition coefficient (Wildman–Crippen LogP) is 23.7. The Kier molecular flexibility index (Phi) is 64.6. The van der Waals surface area contributed by atoms with Crippen LogP contribution in [0.4, 0.5) is 0 Å². The van der Waals surface area contributed by atoms with Gasteiger partial charge in [-0.15, -0.1) is 0 Å². The van der Waals surface area contributed by atoms with E-state index in [1.807, 2.05) is 0 Å². The van der Waals surface area contributed by atoms with Crippen molar-refractivity contribution in [3.05, 3.63) is 48.6 Å². The molecule has 0 saturated carbocycles. The number of esters is 3. The van der Waals surface area contributed by atoms with E-state index in [9.17, 15) is 14.4 Å². The van der Waals surface area contributed by atoms with E-state index in [4.69, 9.17) is 14.2 Å². The van der Waals surface area contributed by atoms with Crippen molar-refractivity contribution in [3.63, 3.8) is 0 Å². The average Bonchev–Trinajstić information content (AvgIpc) is 3.44. The molecule has 1 unspecified atom stereocenters. The van der Waals surface area contributed by atoms with Gasteiger partial charge in [0.1, 0.15) is 13.2 Å². The zero-order valence-corrected chi connectivity index (χ0v) is 52.5. The third-order valence-corrected chi connectivity index (χ3v) is 15.6. The van der Waals surface area contributed by atoms with Gasteiger partial charge in [0, 0.05) is 19.3 Å². The van der Waals surface area contributed by atoms with Crippen molar-refractivity contribution in [1.29, 1.82) is 0 Å². The summed E-state index contributed by atoms with van der Waals surface area (Å²) in [5.74, 6) is -0.851. The Morgan fingerprint density at radius 2 is 0.462 bits per heavy atom. The normalized spacial score (nSPS) is 12.3. The standard InChI is InChI=1S/C72H132O6/c1-4-7-10-13-16-19-22-25-27-29-31-33-35-36-38-39-41-43-45-47-50-53-56-59-62-65-71(74)77-68-69(67-76-70(73)64-61-58-55-52-49-24-21-18-15-12-9-6-3)78-72(75)66-63-60-57-54-51-48-46-44-42-40-37-34-32-30-28-26-23-20-17-14-11-8-5-2/h22,25,29-32,35-36,69H,4-21,23-24,26-28,33-34,37-68H2,1-3H3/b25-22-,31-29-,32-30-,36-35-. The molecule has 6 heteroatoms. The molecule has 0 radical (unpaired) electrons. The maximum Gasteiger partial charge on any atom is 0.306 e. The first-order chi connectivity index (χ1) is 38.5. The first-order valence-corrected chi connectivity index (χ1v) is 34.6. The number of carbonyl (C=O) groups excluding carboxylic acids is 3. The SMILES string of the molecule is CCCCCCC/C=C\C/C=C\C/C=C\CCCCCCCCCCCCC(=O)OCC(COC(=O)CCCCCCCCCCCCCC)OC(=O)CCCCCCCCCCCCC/C=C\CCCCCCCCCC. The Labute approximate surface area is 486 Å². The largest absolute Gasteiger partial charge is 0.462 e. The Hall–Kier alpha value is -2.63. The van der Waals surface area contributed by atoms with Gasteiger partial charge in [-0.2, -0.15) is 0 Å². The van der Waals surface area contributed by atoms with Gasteiger partial charge in [0.05, 0.1) is 0 Å². The minimum absolute atomic E-state index is 0.0702. The summed E-state index contributed by atoms with van der Waals surface area (Å²) in [6.45, 7) is 6.68. The molecular formula is C72H132O6. The van der Waals surface area contributed by atoms with Crippen molar-refractivity contribution in [2.24, 2.45) is 0 Å². The second-order valence-electron chi connectivity index (χ2n) is 23.4. The maximum absolute atomic E-state index is 12.9. The number of rotatable bonds is 64. The zero-order chi connectivity index (χ0) is 56.4. The fourth-order valence-electron chi connectivity index (χ4n) is 10.3. The lowest BCUT2D eigenvalue weighted by Crippen LogP contribution is -2.30.